The molecule has 0 aliphatic heterocycles. The summed E-state index contributed by atoms with van der Waals surface area (Å²) in [4.78, 5) is 12.5. The monoisotopic (exact) mass is 393 g/mol. The topological polar surface area (TPSA) is 56.8 Å². The lowest BCUT2D eigenvalue weighted by Gasteiger charge is -2.22. The van der Waals surface area contributed by atoms with E-state index in [0.29, 0.717) is 17.7 Å². The number of carbonyl (C=O) groups excluding carboxylic acids is 1. The molecule has 0 aliphatic carbocycles. The highest BCUT2D eigenvalue weighted by Crippen LogP contribution is 2.28. The molecule has 2 atom stereocenters. The number of halogens is 2. The molecule has 0 saturated heterocycles. The number of carbonyl (C=O) groups is 1. The minimum Gasteiger partial charge on any atom is -0.497 e. The number of amides is 1. The smallest absolute Gasteiger partial charge is 0.387 e. The molecular weight excluding hydrogens is 368 g/mol. The maximum Gasteiger partial charge on any atom is 0.387 e. The first kappa shape index (κ1) is 21.6. The van der Waals surface area contributed by atoms with Gasteiger partial charge in [0.15, 0.2) is 0 Å². The van der Waals surface area contributed by atoms with Crippen LogP contribution in [0.15, 0.2) is 48.5 Å². The number of alkyl halides is 2. The molecule has 5 nitrogen and oxygen atoms in total. The van der Waals surface area contributed by atoms with Crippen molar-refractivity contribution in [1.29, 1.82) is 0 Å². The number of rotatable bonds is 10. The molecule has 0 saturated carbocycles. The highest BCUT2D eigenvalue weighted by molar-refractivity contribution is 5.80. The highest BCUT2D eigenvalue weighted by Gasteiger charge is 2.22. The molecule has 2 rings (SSSR count). The second kappa shape index (κ2) is 10.6. The van der Waals surface area contributed by atoms with E-state index >= 15 is 0 Å². The summed E-state index contributed by atoms with van der Waals surface area (Å²) in [6.45, 7) is 0.808. The molecule has 0 aliphatic rings. The van der Waals surface area contributed by atoms with Crippen molar-refractivity contribution >= 4 is 5.91 Å². The highest BCUT2D eigenvalue weighted by atomic mass is 19.3. The van der Waals surface area contributed by atoms with Gasteiger partial charge in [0, 0.05) is 5.56 Å². The third-order valence-electron chi connectivity index (χ3n) is 4.24. The van der Waals surface area contributed by atoms with Crippen LogP contribution in [0.2, 0.25) is 0 Å². The van der Waals surface area contributed by atoms with Gasteiger partial charge in [-0.25, -0.2) is 0 Å². The van der Waals surface area contributed by atoms with E-state index in [0.717, 1.165) is 5.56 Å². The van der Waals surface area contributed by atoms with E-state index in [1.54, 1.807) is 32.2 Å². The van der Waals surface area contributed by atoms with Gasteiger partial charge in [-0.15, -0.1) is 0 Å². The Labute approximate surface area is 163 Å². The molecule has 0 radical (unpaired) electrons. The normalized spacial score (nSPS) is 13.1. The average Bonchev–Trinajstić information content (AvgIpc) is 2.70. The van der Waals surface area contributed by atoms with Gasteiger partial charge in [0.25, 0.3) is 0 Å². The van der Waals surface area contributed by atoms with Gasteiger partial charge >= 0.3 is 6.61 Å². The molecule has 1 amide bonds. The fraction of sp³-hybridized carbons (Fsp3) is 0.381. The molecule has 0 heterocycles. The lowest BCUT2D eigenvalue weighted by molar-refractivity contribution is -0.133. The number of nitrogens with one attached hydrogen (secondary N) is 1. The van der Waals surface area contributed by atoms with E-state index in [1.807, 2.05) is 31.2 Å². The Morgan fingerprint density at radius 1 is 1.14 bits per heavy atom. The number of methoxy groups -OCH3 is 1. The predicted octanol–water partition coefficient (Wildman–Crippen LogP) is 4.47. The summed E-state index contributed by atoms with van der Waals surface area (Å²) in [6, 6.07) is 13.3. The number of ether oxygens (including phenoxy) is 3. The molecule has 1 N–H and O–H groups in total. The SMILES string of the molecule is CCC(NC(=O)C(C)OCc1cccc(OC)c1)c1ccccc1OC(F)F. The number of hydrogen-bond donors (Lipinski definition) is 1. The fourth-order valence-corrected chi connectivity index (χ4v) is 2.72. The maximum atomic E-state index is 12.6. The summed E-state index contributed by atoms with van der Waals surface area (Å²) >= 11 is 0. The number of hydrogen-bond acceptors (Lipinski definition) is 4. The van der Waals surface area contributed by atoms with Gasteiger partial charge in [0.05, 0.1) is 19.8 Å². The van der Waals surface area contributed by atoms with Crippen LogP contribution in [0.3, 0.4) is 0 Å². The van der Waals surface area contributed by atoms with Crippen molar-refractivity contribution in [2.45, 2.75) is 45.6 Å². The summed E-state index contributed by atoms with van der Waals surface area (Å²) < 4.78 is 40.7. The van der Waals surface area contributed by atoms with Gasteiger partial charge in [0.2, 0.25) is 5.91 Å². The summed E-state index contributed by atoms with van der Waals surface area (Å²) in [6.07, 6.45) is -0.207. The summed E-state index contributed by atoms with van der Waals surface area (Å²) in [7, 11) is 1.58. The van der Waals surface area contributed by atoms with Gasteiger partial charge in [-0.2, -0.15) is 8.78 Å². The zero-order valence-electron chi connectivity index (χ0n) is 16.2. The van der Waals surface area contributed by atoms with Crippen LogP contribution in [-0.4, -0.2) is 25.7 Å². The van der Waals surface area contributed by atoms with Crippen molar-refractivity contribution in [3.8, 4) is 11.5 Å². The van der Waals surface area contributed by atoms with E-state index < -0.39 is 18.8 Å². The number of benzene rings is 2. The van der Waals surface area contributed by atoms with Crippen LogP contribution in [-0.2, 0) is 16.1 Å². The second-order valence-electron chi connectivity index (χ2n) is 6.19. The van der Waals surface area contributed by atoms with E-state index in [2.05, 4.69) is 10.1 Å². The van der Waals surface area contributed by atoms with Crippen molar-refractivity contribution in [2.75, 3.05) is 7.11 Å². The van der Waals surface area contributed by atoms with Crippen molar-refractivity contribution in [1.82, 2.24) is 5.32 Å². The van der Waals surface area contributed by atoms with E-state index in [4.69, 9.17) is 9.47 Å². The first-order chi connectivity index (χ1) is 13.4. The third kappa shape index (κ3) is 6.20. The standard InChI is InChI=1S/C21H25F2NO4/c1-4-18(17-10-5-6-11-19(17)28-21(22)23)24-20(25)14(2)27-13-15-8-7-9-16(12-15)26-3/h5-12,14,18,21H,4,13H2,1-3H3,(H,24,25). The molecule has 0 fully saturated rings. The zero-order chi connectivity index (χ0) is 20.5. The maximum absolute atomic E-state index is 12.6. The van der Waals surface area contributed by atoms with Crippen molar-refractivity contribution < 1.29 is 27.8 Å². The summed E-state index contributed by atoms with van der Waals surface area (Å²) in [5, 5.41) is 2.84. The molecule has 28 heavy (non-hydrogen) atoms. The number of para-hydroxylation sites is 1. The Balaban J connectivity index is 1.99. The minimum absolute atomic E-state index is 0.0506. The Morgan fingerprint density at radius 3 is 2.57 bits per heavy atom. The van der Waals surface area contributed by atoms with E-state index in [9.17, 15) is 13.6 Å². The fourth-order valence-electron chi connectivity index (χ4n) is 2.72. The third-order valence-corrected chi connectivity index (χ3v) is 4.24. The second-order valence-corrected chi connectivity index (χ2v) is 6.19. The Kier molecular flexibility index (Phi) is 8.19. The van der Waals surface area contributed by atoms with Crippen LogP contribution in [0.4, 0.5) is 8.78 Å². The van der Waals surface area contributed by atoms with Crippen LogP contribution < -0.4 is 14.8 Å². The van der Waals surface area contributed by atoms with Crippen molar-refractivity contribution in [3.05, 3.63) is 59.7 Å². The molecule has 2 aromatic carbocycles. The Morgan fingerprint density at radius 2 is 1.89 bits per heavy atom. The molecule has 0 aromatic heterocycles. The van der Waals surface area contributed by atoms with Gasteiger partial charge in [-0.1, -0.05) is 37.3 Å². The molecule has 2 aromatic rings. The Bertz CT molecular complexity index is 770. The van der Waals surface area contributed by atoms with E-state index in [1.165, 1.54) is 6.07 Å². The molecule has 7 heteroatoms. The van der Waals surface area contributed by atoms with Gasteiger partial charge in [0.1, 0.15) is 17.6 Å². The molecular formula is C21H25F2NO4. The molecule has 2 unspecified atom stereocenters. The lowest BCUT2D eigenvalue weighted by Crippen LogP contribution is -2.37. The molecule has 0 spiro atoms. The molecule has 152 valence electrons. The Hall–Kier alpha value is -2.67. The van der Waals surface area contributed by atoms with Crippen LogP contribution in [0, 0.1) is 0 Å². The minimum atomic E-state index is -2.93. The zero-order valence-corrected chi connectivity index (χ0v) is 16.2. The first-order valence-electron chi connectivity index (χ1n) is 9.03. The van der Waals surface area contributed by atoms with Gasteiger partial charge in [-0.05, 0) is 37.1 Å². The first-order valence-corrected chi connectivity index (χ1v) is 9.03. The quantitative estimate of drug-likeness (QED) is 0.647. The van der Waals surface area contributed by atoms with E-state index in [-0.39, 0.29) is 18.3 Å². The van der Waals surface area contributed by atoms with Crippen LogP contribution in [0.1, 0.15) is 37.4 Å². The largest absolute Gasteiger partial charge is 0.497 e. The summed E-state index contributed by atoms with van der Waals surface area (Å²) in [5.41, 5.74) is 1.38. The van der Waals surface area contributed by atoms with Crippen molar-refractivity contribution in [3.63, 3.8) is 0 Å². The van der Waals surface area contributed by atoms with Crippen LogP contribution in [0.5, 0.6) is 11.5 Å². The predicted molar refractivity (Wildman–Crippen MR) is 101 cm³/mol. The summed E-state index contributed by atoms with van der Waals surface area (Å²) in [5.74, 6) is 0.427. The molecule has 0 bridgehead atoms. The van der Waals surface area contributed by atoms with Crippen LogP contribution >= 0.6 is 0 Å². The van der Waals surface area contributed by atoms with Crippen LogP contribution in [0.25, 0.3) is 0 Å². The average molecular weight is 393 g/mol. The van der Waals surface area contributed by atoms with Crippen molar-refractivity contribution in [2.24, 2.45) is 0 Å². The van der Waals surface area contributed by atoms with Gasteiger partial charge in [-0.3, -0.25) is 4.79 Å². The lowest BCUT2D eigenvalue weighted by atomic mass is 10.0. The van der Waals surface area contributed by atoms with Gasteiger partial charge < -0.3 is 19.5 Å².